The Labute approximate surface area is 179 Å². The molecule has 3 aromatic carbocycles. The summed E-state index contributed by atoms with van der Waals surface area (Å²) < 4.78 is 56.2. The zero-order valence-electron chi connectivity index (χ0n) is 16.8. The number of aromatic nitrogens is 2. The van der Waals surface area contributed by atoms with Gasteiger partial charge in [0.15, 0.2) is 11.6 Å². The molecule has 8 heteroatoms. The number of aryl methyl sites for hydroxylation is 3. The Hall–Kier alpha value is -3.26. The number of halogens is 2. The maximum Gasteiger partial charge on any atom is 0.261 e. The Balaban J connectivity index is 1.52. The summed E-state index contributed by atoms with van der Waals surface area (Å²) in [7, 11) is -4.04. The number of anilines is 1. The lowest BCUT2D eigenvalue weighted by atomic mass is 10.1. The van der Waals surface area contributed by atoms with Crippen molar-refractivity contribution in [1.82, 2.24) is 9.55 Å². The Bertz CT molecular complexity index is 1350. The van der Waals surface area contributed by atoms with Gasteiger partial charge in [0.1, 0.15) is 5.82 Å². The molecular formula is C23H21F2N3O2S. The van der Waals surface area contributed by atoms with E-state index in [-0.39, 0.29) is 4.90 Å². The van der Waals surface area contributed by atoms with Crippen LogP contribution in [0.1, 0.15) is 18.3 Å². The third-order valence-electron chi connectivity index (χ3n) is 5.07. The van der Waals surface area contributed by atoms with Gasteiger partial charge in [0, 0.05) is 18.7 Å². The molecule has 0 amide bonds. The molecule has 0 bridgehead atoms. The average molecular weight is 442 g/mol. The summed E-state index contributed by atoms with van der Waals surface area (Å²) in [5, 5.41) is 0. The Morgan fingerprint density at radius 3 is 2.52 bits per heavy atom. The van der Waals surface area contributed by atoms with Crippen LogP contribution in [-0.2, 0) is 29.4 Å². The fourth-order valence-corrected chi connectivity index (χ4v) is 4.63. The Kier molecular flexibility index (Phi) is 5.73. The minimum Gasteiger partial charge on any atom is -0.328 e. The van der Waals surface area contributed by atoms with E-state index in [1.165, 1.54) is 0 Å². The molecule has 1 aromatic heterocycles. The predicted molar refractivity (Wildman–Crippen MR) is 116 cm³/mol. The van der Waals surface area contributed by atoms with Crippen molar-refractivity contribution in [2.24, 2.45) is 0 Å². The zero-order valence-corrected chi connectivity index (χ0v) is 17.7. The van der Waals surface area contributed by atoms with E-state index in [9.17, 15) is 17.2 Å². The van der Waals surface area contributed by atoms with Crippen LogP contribution >= 0.6 is 0 Å². The molecule has 0 fully saturated rings. The van der Waals surface area contributed by atoms with Gasteiger partial charge in [-0.05, 0) is 61.4 Å². The van der Waals surface area contributed by atoms with Gasteiger partial charge in [0.05, 0.1) is 15.9 Å². The summed E-state index contributed by atoms with van der Waals surface area (Å²) in [5.41, 5.74) is 3.33. The van der Waals surface area contributed by atoms with E-state index in [2.05, 4.69) is 16.2 Å². The molecule has 1 heterocycles. The normalized spacial score (nSPS) is 11.7. The molecule has 0 aliphatic rings. The Morgan fingerprint density at radius 2 is 1.74 bits per heavy atom. The topological polar surface area (TPSA) is 64.0 Å². The number of fused-ring (bicyclic) bond motifs is 1. The highest BCUT2D eigenvalue weighted by Crippen LogP contribution is 2.21. The molecule has 0 radical (unpaired) electrons. The lowest BCUT2D eigenvalue weighted by molar-refractivity contribution is 0.504. The fourth-order valence-electron chi connectivity index (χ4n) is 3.57. The van der Waals surface area contributed by atoms with E-state index in [4.69, 9.17) is 4.98 Å². The van der Waals surface area contributed by atoms with Crippen molar-refractivity contribution in [3.63, 3.8) is 0 Å². The molecule has 0 saturated heterocycles. The highest BCUT2D eigenvalue weighted by molar-refractivity contribution is 7.92. The van der Waals surface area contributed by atoms with Gasteiger partial charge in [-0.3, -0.25) is 4.72 Å². The van der Waals surface area contributed by atoms with Crippen LogP contribution in [0.3, 0.4) is 0 Å². The number of hydrogen-bond acceptors (Lipinski definition) is 3. The van der Waals surface area contributed by atoms with Crippen molar-refractivity contribution in [2.75, 3.05) is 4.72 Å². The number of benzene rings is 3. The SMILES string of the molecule is CCn1c(CCc2cccc(NS(=O)(=O)c3ccc(F)c(F)c3)c2)nc2ccccc21. The second-order valence-electron chi connectivity index (χ2n) is 7.14. The maximum atomic E-state index is 13.4. The smallest absolute Gasteiger partial charge is 0.261 e. The summed E-state index contributed by atoms with van der Waals surface area (Å²) in [6, 6.07) is 17.5. The first-order valence-electron chi connectivity index (χ1n) is 9.88. The van der Waals surface area contributed by atoms with E-state index in [0.29, 0.717) is 24.6 Å². The second kappa shape index (κ2) is 8.47. The first kappa shape index (κ1) is 21.0. The van der Waals surface area contributed by atoms with Crippen LogP contribution < -0.4 is 4.72 Å². The minimum absolute atomic E-state index is 0.339. The highest BCUT2D eigenvalue weighted by atomic mass is 32.2. The molecule has 0 atom stereocenters. The van der Waals surface area contributed by atoms with Gasteiger partial charge in [0.2, 0.25) is 0 Å². The monoisotopic (exact) mass is 441 g/mol. The van der Waals surface area contributed by atoms with Gasteiger partial charge in [-0.1, -0.05) is 24.3 Å². The van der Waals surface area contributed by atoms with Crippen molar-refractivity contribution in [3.05, 3.63) is 89.8 Å². The van der Waals surface area contributed by atoms with Crippen LogP contribution in [0.15, 0.2) is 71.6 Å². The van der Waals surface area contributed by atoms with Gasteiger partial charge in [-0.25, -0.2) is 22.2 Å². The number of imidazole rings is 1. The third-order valence-corrected chi connectivity index (χ3v) is 6.45. The van der Waals surface area contributed by atoms with Crippen molar-refractivity contribution in [2.45, 2.75) is 31.2 Å². The second-order valence-corrected chi connectivity index (χ2v) is 8.83. The molecule has 4 rings (SSSR count). The first-order chi connectivity index (χ1) is 14.9. The van der Waals surface area contributed by atoms with E-state index < -0.39 is 21.7 Å². The number of para-hydroxylation sites is 2. The number of nitrogens with zero attached hydrogens (tertiary/aromatic N) is 2. The van der Waals surface area contributed by atoms with Gasteiger partial charge in [-0.2, -0.15) is 0 Å². The largest absolute Gasteiger partial charge is 0.328 e. The molecule has 0 spiro atoms. The van der Waals surface area contributed by atoms with Gasteiger partial charge < -0.3 is 4.57 Å². The Morgan fingerprint density at radius 1 is 0.935 bits per heavy atom. The number of rotatable bonds is 7. The fraction of sp³-hybridized carbons (Fsp3) is 0.174. The van der Waals surface area contributed by atoms with Crippen LogP contribution in [-0.4, -0.2) is 18.0 Å². The van der Waals surface area contributed by atoms with Crippen LogP contribution in [0, 0.1) is 11.6 Å². The highest BCUT2D eigenvalue weighted by Gasteiger charge is 2.17. The molecule has 0 unspecified atom stereocenters. The van der Waals surface area contributed by atoms with Crippen molar-refractivity contribution < 1.29 is 17.2 Å². The maximum absolute atomic E-state index is 13.4. The van der Waals surface area contributed by atoms with Crippen molar-refractivity contribution in [1.29, 1.82) is 0 Å². The molecule has 160 valence electrons. The van der Waals surface area contributed by atoms with Gasteiger partial charge in [-0.15, -0.1) is 0 Å². The van der Waals surface area contributed by atoms with Gasteiger partial charge >= 0.3 is 0 Å². The molecule has 0 aliphatic carbocycles. The number of sulfonamides is 1. The molecule has 1 N–H and O–H groups in total. The van der Waals surface area contributed by atoms with Crippen LogP contribution in [0.4, 0.5) is 14.5 Å². The summed E-state index contributed by atoms with van der Waals surface area (Å²) in [6.07, 6.45) is 1.37. The van der Waals surface area contributed by atoms with E-state index in [1.807, 2.05) is 30.3 Å². The van der Waals surface area contributed by atoms with Crippen molar-refractivity contribution >= 4 is 26.7 Å². The van der Waals surface area contributed by atoms with E-state index in [1.54, 1.807) is 18.2 Å². The number of hydrogen-bond donors (Lipinski definition) is 1. The molecule has 31 heavy (non-hydrogen) atoms. The summed E-state index contributed by atoms with van der Waals surface area (Å²) >= 11 is 0. The predicted octanol–water partition coefficient (Wildman–Crippen LogP) is 4.92. The van der Waals surface area contributed by atoms with Gasteiger partial charge in [0.25, 0.3) is 10.0 Å². The number of nitrogens with one attached hydrogen (secondary N) is 1. The lowest BCUT2D eigenvalue weighted by Gasteiger charge is -2.10. The third kappa shape index (κ3) is 4.44. The lowest BCUT2D eigenvalue weighted by Crippen LogP contribution is -2.13. The molecule has 0 saturated carbocycles. The quantitative estimate of drug-likeness (QED) is 0.443. The summed E-state index contributed by atoms with van der Waals surface area (Å²) in [4.78, 5) is 4.38. The molecule has 5 nitrogen and oxygen atoms in total. The van der Waals surface area contributed by atoms with E-state index >= 15 is 0 Å². The standard InChI is InChI=1S/C23H21F2N3O2S/c1-2-28-22-9-4-3-8-21(22)26-23(28)13-10-16-6-5-7-17(14-16)27-31(29,30)18-11-12-19(24)20(25)15-18/h3-9,11-12,14-15,27H,2,10,13H2,1H3. The van der Waals surface area contributed by atoms with Crippen LogP contribution in [0.5, 0.6) is 0 Å². The minimum atomic E-state index is -4.04. The van der Waals surface area contributed by atoms with E-state index in [0.717, 1.165) is 41.1 Å². The first-order valence-corrected chi connectivity index (χ1v) is 11.4. The van der Waals surface area contributed by atoms with Crippen LogP contribution in [0.25, 0.3) is 11.0 Å². The summed E-state index contributed by atoms with van der Waals surface area (Å²) in [6.45, 7) is 2.88. The average Bonchev–Trinajstić information content (AvgIpc) is 3.11. The molecular weight excluding hydrogens is 420 g/mol. The molecule has 4 aromatic rings. The molecule has 0 aliphatic heterocycles. The zero-order chi connectivity index (χ0) is 22.0. The summed E-state index contributed by atoms with van der Waals surface area (Å²) in [5.74, 6) is -1.34. The van der Waals surface area contributed by atoms with Crippen molar-refractivity contribution in [3.8, 4) is 0 Å². The van der Waals surface area contributed by atoms with Crippen LogP contribution in [0.2, 0.25) is 0 Å².